The van der Waals surface area contributed by atoms with E-state index in [1.807, 2.05) is 24.4 Å². The number of thiophene rings is 1. The SMILES string of the molecule is CCc1c(C)nc(SCC(=O)N2N=C(c3cccs3)CC2c2ccc(F)cc2)[nH]c1=O. The smallest absolute Gasteiger partial charge is 0.254 e. The van der Waals surface area contributed by atoms with Crippen LogP contribution in [0.3, 0.4) is 0 Å². The van der Waals surface area contributed by atoms with Gasteiger partial charge in [0.2, 0.25) is 0 Å². The normalized spacial score (nSPS) is 15.9. The van der Waals surface area contributed by atoms with Crippen molar-refractivity contribution in [2.75, 3.05) is 5.75 Å². The first kappa shape index (κ1) is 21.5. The van der Waals surface area contributed by atoms with Crippen molar-refractivity contribution in [3.63, 3.8) is 0 Å². The molecule has 2 aromatic heterocycles. The number of hydrogen-bond acceptors (Lipinski definition) is 6. The molecule has 0 saturated heterocycles. The number of rotatable bonds is 6. The summed E-state index contributed by atoms with van der Waals surface area (Å²) in [6.45, 7) is 3.70. The molecule has 0 radical (unpaired) electrons. The number of amides is 1. The van der Waals surface area contributed by atoms with Gasteiger partial charge in [0, 0.05) is 17.7 Å². The summed E-state index contributed by atoms with van der Waals surface area (Å²) in [4.78, 5) is 33.4. The number of nitrogens with zero attached hydrogens (tertiary/aromatic N) is 3. The number of halogens is 1. The Morgan fingerprint density at radius 2 is 2.10 bits per heavy atom. The highest BCUT2D eigenvalue weighted by atomic mass is 32.2. The lowest BCUT2D eigenvalue weighted by Gasteiger charge is -2.22. The van der Waals surface area contributed by atoms with Gasteiger partial charge >= 0.3 is 0 Å². The molecule has 3 heterocycles. The third-order valence-electron chi connectivity index (χ3n) is 5.11. The van der Waals surface area contributed by atoms with E-state index in [1.165, 1.54) is 28.9 Å². The Hall–Kier alpha value is -2.78. The van der Waals surface area contributed by atoms with Crippen molar-refractivity contribution >= 4 is 34.7 Å². The van der Waals surface area contributed by atoms with Crippen molar-refractivity contribution in [2.45, 2.75) is 37.9 Å². The number of hydrazone groups is 1. The minimum Gasteiger partial charge on any atom is -0.301 e. The quantitative estimate of drug-likeness (QED) is 0.443. The number of aromatic amines is 1. The molecule has 0 fully saturated rings. The zero-order valence-electron chi connectivity index (χ0n) is 17.1. The number of hydrogen-bond donors (Lipinski definition) is 1. The predicted octanol–water partition coefficient (Wildman–Crippen LogP) is 4.31. The Morgan fingerprint density at radius 1 is 1.32 bits per heavy atom. The van der Waals surface area contributed by atoms with E-state index < -0.39 is 0 Å². The zero-order valence-corrected chi connectivity index (χ0v) is 18.7. The number of nitrogens with one attached hydrogen (secondary N) is 1. The zero-order chi connectivity index (χ0) is 22.0. The Balaban J connectivity index is 1.56. The first-order valence-corrected chi connectivity index (χ1v) is 11.7. The van der Waals surface area contributed by atoms with Crippen molar-refractivity contribution in [1.29, 1.82) is 0 Å². The van der Waals surface area contributed by atoms with Crippen molar-refractivity contribution < 1.29 is 9.18 Å². The van der Waals surface area contributed by atoms with Crippen LogP contribution in [0.1, 0.15) is 41.1 Å². The summed E-state index contributed by atoms with van der Waals surface area (Å²) in [5, 5.41) is 8.45. The summed E-state index contributed by atoms with van der Waals surface area (Å²) in [5.41, 5.74) is 2.80. The molecular weight excluding hydrogens is 435 g/mol. The van der Waals surface area contributed by atoms with E-state index in [0.29, 0.717) is 29.3 Å². The molecule has 1 amide bonds. The highest BCUT2D eigenvalue weighted by Crippen LogP contribution is 2.34. The Bertz CT molecular complexity index is 1170. The Kier molecular flexibility index (Phi) is 6.33. The number of aromatic nitrogens is 2. The van der Waals surface area contributed by atoms with Crippen LogP contribution >= 0.6 is 23.1 Å². The van der Waals surface area contributed by atoms with Crippen LogP contribution in [0.4, 0.5) is 4.39 Å². The van der Waals surface area contributed by atoms with Gasteiger partial charge in [0.05, 0.1) is 22.4 Å². The summed E-state index contributed by atoms with van der Waals surface area (Å²) < 4.78 is 13.4. The van der Waals surface area contributed by atoms with Crippen LogP contribution in [0.5, 0.6) is 0 Å². The van der Waals surface area contributed by atoms with E-state index in [2.05, 4.69) is 15.1 Å². The second-order valence-electron chi connectivity index (χ2n) is 7.11. The first-order chi connectivity index (χ1) is 15.0. The van der Waals surface area contributed by atoms with Gasteiger partial charge in [-0.1, -0.05) is 36.9 Å². The van der Waals surface area contributed by atoms with Crippen LogP contribution in [0.15, 0.2) is 56.8 Å². The lowest BCUT2D eigenvalue weighted by atomic mass is 10.0. The molecule has 1 unspecified atom stereocenters. The van der Waals surface area contributed by atoms with Crippen LogP contribution in [0.2, 0.25) is 0 Å². The molecule has 1 N–H and O–H groups in total. The summed E-state index contributed by atoms with van der Waals surface area (Å²) >= 11 is 2.74. The molecule has 1 aromatic carbocycles. The monoisotopic (exact) mass is 456 g/mol. The molecule has 3 aromatic rings. The van der Waals surface area contributed by atoms with E-state index in [0.717, 1.165) is 16.2 Å². The van der Waals surface area contributed by atoms with Gasteiger partial charge in [-0.05, 0) is 42.5 Å². The van der Waals surface area contributed by atoms with Gasteiger partial charge in [-0.25, -0.2) is 14.4 Å². The van der Waals surface area contributed by atoms with Crippen molar-refractivity contribution in [3.8, 4) is 0 Å². The molecule has 0 bridgehead atoms. The maximum absolute atomic E-state index is 13.4. The topological polar surface area (TPSA) is 78.4 Å². The molecule has 0 aliphatic carbocycles. The molecule has 9 heteroatoms. The molecule has 1 atom stereocenters. The van der Waals surface area contributed by atoms with Crippen LogP contribution in [-0.2, 0) is 11.2 Å². The van der Waals surface area contributed by atoms with Crippen LogP contribution < -0.4 is 5.56 Å². The molecule has 0 saturated carbocycles. The van der Waals surface area contributed by atoms with E-state index in [1.54, 1.807) is 30.4 Å². The van der Waals surface area contributed by atoms with Gasteiger partial charge in [0.25, 0.3) is 11.5 Å². The molecule has 1 aliphatic heterocycles. The van der Waals surface area contributed by atoms with Gasteiger partial charge < -0.3 is 4.98 Å². The van der Waals surface area contributed by atoms with Crippen LogP contribution in [-0.4, -0.2) is 32.3 Å². The number of carbonyl (C=O) groups is 1. The molecule has 4 rings (SSSR count). The molecule has 0 spiro atoms. The summed E-state index contributed by atoms with van der Waals surface area (Å²) in [5.74, 6) is -0.450. The number of H-pyrrole nitrogens is 1. The maximum Gasteiger partial charge on any atom is 0.254 e. The van der Waals surface area contributed by atoms with Gasteiger partial charge in [-0.3, -0.25) is 9.59 Å². The minimum absolute atomic E-state index is 0.0762. The first-order valence-electron chi connectivity index (χ1n) is 9.87. The van der Waals surface area contributed by atoms with Crippen LogP contribution in [0, 0.1) is 12.7 Å². The predicted molar refractivity (Wildman–Crippen MR) is 121 cm³/mol. The van der Waals surface area contributed by atoms with Gasteiger partial charge in [0.15, 0.2) is 5.16 Å². The van der Waals surface area contributed by atoms with Gasteiger partial charge in [-0.2, -0.15) is 5.10 Å². The second-order valence-corrected chi connectivity index (χ2v) is 9.02. The molecule has 1 aliphatic rings. The average Bonchev–Trinajstić information content (AvgIpc) is 3.42. The fourth-order valence-electron chi connectivity index (χ4n) is 3.54. The Labute approximate surface area is 187 Å². The largest absolute Gasteiger partial charge is 0.301 e. The average molecular weight is 457 g/mol. The standard InChI is InChI=1S/C22H21FN4O2S2/c1-3-16-13(2)24-22(25-21(16)29)31-12-20(28)27-18(14-6-8-15(23)9-7-14)11-17(26-27)19-5-4-10-30-19/h4-10,18H,3,11-12H2,1-2H3,(H,24,25,29). The lowest BCUT2D eigenvalue weighted by Crippen LogP contribution is -2.29. The van der Waals surface area contributed by atoms with Crippen molar-refractivity contribution in [3.05, 3.63) is 79.6 Å². The van der Waals surface area contributed by atoms with E-state index >= 15 is 0 Å². The fraction of sp³-hybridized carbons (Fsp3) is 0.273. The number of benzene rings is 1. The van der Waals surface area contributed by atoms with Crippen molar-refractivity contribution in [1.82, 2.24) is 15.0 Å². The highest BCUT2D eigenvalue weighted by molar-refractivity contribution is 7.99. The maximum atomic E-state index is 13.4. The second kappa shape index (κ2) is 9.15. The molecular formula is C22H21FN4O2S2. The van der Waals surface area contributed by atoms with Crippen LogP contribution in [0.25, 0.3) is 0 Å². The summed E-state index contributed by atoms with van der Waals surface area (Å²) in [6, 6.07) is 9.77. The third-order valence-corrected chi connectivity index (χ3v) is 6.89. The molecule has 6 nitrogen and oxygen atoms in total. The number of carbonyl (C=O) groups excluding carboxylic acids is 1. The number of aryl methyl sites for hydroxylation is 1. The van der Waals surface area contributed by atoms with E-state index in [-0.39, 0.29) is 29.1 Å². The van der Waals surface area contributed by atoms with Gasteiger partial charge in [0.1, 0.15) is 5.82 Å². The third kappa shape index (κ3) is 4.62. The van der Waals surface area contributed by atoms with Gasteiger partial charge in [-0.15, -0.1) is 11.3 Å². The highest BCUT2D eigenvalue weighted by Gasteiger charge is 2.33. The number of thioether (sulfide) groups is 1. The minimum atomic E-state index is -0.324. The Morgan fingerprint density at radius 3 is 2.74 bits per heavy atom. The molecule has 160 valence electrons. The lowest BCUT2D eigenvalue weighted by molar-refractivity contribution is -0.130. The van der Waals surface area contributed by atoms with Crippen molar-refractivity contribution in [2.24, 2.45) is 5.10 Å². The summed E-state index contributed by atoms with van der Waals surface area (Å²) in [7, 11) is 0. The summed E-state index contributed by atoms with van der Waals surface area (Å²) in [6.07, 6.45) is 1.16. The molecule has 31 heavy (non-hydrogen) atoms. The fourth-order valence-corrected chi connectivity index (χ4v) is 5.02. The van der Waals surface area contributed by atoms with E-state index in [9.17, 15) is 14.0 Å². The van der Waals surface area contributed by atoms with E-state index in [4.69, 9.17) is 0 Å².